The van der Waals surface area contributed by atoms with Gasteiger partial charge < -0.3 is 10.2 Å². The molecule has 2 rings (SSSR count). The third kappa shape index (κ3) is 4.43. The number of rotatable bonds is 6. The van der Waals surface area contributed by atoms with Crippen LogP contribution in [0.3, 0.4) is 0 Å². The van der Waals surface area contributed by atoms with Crippen LogP contribution in [0.5, 0.6) is 0 Å². The van der Waals surface area contributed by atoms with Gasteiger partial charge in [0.05, 0.1) is 4.92 Å². The molecular formula is C16H25N3O2. The Labute approximate surface area is 126 Å². The number of hydrogen-bond donors (Lipinski definition) is 1. The summed E-state index contributed by atoms with van der Waals surface area (Å²) in [6, 6.07) is 6.00. The number of piperidine rings is 1. The predicted molar refractivity (Wildman–Crippen MR) is 85.8 cm³/mol. The molecule has 0 radical (unpaired) electrons. The Hall–Kier alpha value is -1.62. The lowest BCUT2D eigenvalue weighted by Crippen LogP contribution is -2.38. The standard InChI is InChI=1S/C16H25N3O2/c1-13-7-8-15(16(12-13)19(20)21)17-9-5-11-18-10-4-3-6-14(18)2/h7-8,12,14,17H,3-6,9-11H2,1-2H3. The first-order chi connectivity index (χ1) is 10.1. The Morgan fingerprint density at radius 1 is 1.43 bits per heavy atom. The summed E-state index contributed by atoms with van der Waals surface area (Å²) in [6.07, 6.45) is 4.93. The van der Waals surface area contributed by atoms with E-state index in [9.17, 15) is 10.1 Å². The zero-order valence-electron chi connectivity index (χ0n) is 13.0. The van der Waals surface area contributed by atoms with Crippen LogP contribution >= 0.6 is 0 Å². The molecule has 1 atom stereocenters. The van der Waals surface area contributed by atoms with E-state index in [1.165, 1.54) is 25.8 Å². The van der Waals surface area contributed by atoms with E-state index in [4.69, 9.17) is 0 Å². The molecule has 0 saturated carbocycles. The molecule has 116 valence electrons. The number of nitro benzene ring substituents is 1. The van der Waals surface area contributed by atoms with Gasteiger partial charge in [-0.1, -0.05) is 12.5 Å². The van der Waals surface area contributed by atoms with Gasteiger partial charge in [0.25, 0.3) is 5.69 Å². The number of nitrogens with one attached hydrogen (secondary N) is 1. The average molecular weight is 291 g/mol. The van der Waals surface area contributed by atoms with Crippen molar-refractivity contribution in [2.24, 2.45) is 0 Å². The van der Waals surface area contributed by atoms with Crippen molar-refractivity contribution in [1.29, 1.82) is 0 Å². The lowest BCUT2D eigenvalue weighted by molar-refractivity contribution is -0.384. The lowest BCUT2D eigenvalue weighted by atomic mass is 10.0. The molecule has 1 aliphatic heterocycles. The van der Waals surface area contributed by atoms with Gasteiger partial charge in [0.2, 0.25) is 0 Å². The number of nitrogens with zero attached hydrogens (tertiary/aromatic N) is 2. The van der Waals surface area contributed by atoms with Crippen LogP contribution in [0.4, 0.5) is 11.4 Å². The Kier molecular flexibility index (Phi) is 5.56. The highest BCUT2D eigenvalue weighted by Crippen LogP contribution is 2.25. The van der Waals surface area contributed by atoms with Crippen LogP contribution in [-0.4, -0.2) is 35.5 Å². The topological polar surface area (TPSA) is 58.4 Å². The van der Waals surface area contributed by atoms with E-state index in [0.717, 1.165) is 25.1 Å². The molecule has 1 heterocycles. The molecule has 1 aromatic rings. The van der Waals surface area contributed by atoms with E-state index in [1.807, 2.05) is 13.0 Å². The van der Waals surface area contributed by atoms with Gasteiger partial charge in [-0.15, -0.1) is 0 Å². The number of nitro groups is 1. The average Bonchev–Trinajstić information content (AvgIpc) is 2.46. The first-order valence-electron chi connectivity index (χ1n) is 7.81. The molecule has 1 saturated heterocycles. The fraction of sp³-hybridized carbons (Fsp3) is 0.625. The molecule has 1 fully saturated rings. The highest BCUT2D eigenvalue weighted by molar-refractivity contribution is 5.62. The quantitative estimate of drug-likeness (QED) is 0.494. The Bertz CT molecular complexity index is 490. The van der Waals surface area contributed by atoms with Crippen molar-refractivity contribution < 1.29 is 4.92 Å². The highest BCUT2D eigenvalue weighted by atomic mass is 16.6. The summed E-state index contributed by atoms with van der Waals surface area (Å²) < 4.78 is 0. The first-order valence-corrected chi connectivity index (χ1v) is 7.81. The SMILES string of the molecule is Cc1ccc(NCCCN2CCCCC2C)c([N+](=O)[O-])c1. The van der Waals surface area contributed by atoms with Crippen LogP contribution < -0.4 is 5.32 Å². The van der Waals surface area contributed by atoms with Crippen LogP contribution in [0.15, 0.2) is 18.2 Å². The Morgan fingerprint density at radius 3 is 2.95 bits per heavy atom. The normalized spacial score (nSPS) is 19.4. The minimum absolute atomic E-state index is 0.168. The van der Waals surface area contributed by atoms with Crippen molar-refractivity contribution >= 4 is 11.4 Å². The fourth-order valence-corrected chi connectivity index (χ4v) is 2.94. The second-order valence-electron chi connectivity index (χ2n) is 5.94. The minimum Gasteiger partial charge on any atom is -0.379 e. The molecular weight excluding hydrogens is 266 g/mol. The molecule has 21 heavy (non-hydrogen) atoms. The van der Waals surface area contributed by atoms with Crippen LogP contribution in [0.25, 0.3) is 0 Å². The molecule has 1 unspecified atom stereocenters. The number of hydrogen-bond acceptors (Lipinski definition) is 4. The van der Waals surface area contributed by atoms with Crippen molar-refractivity contribution in [2.75, 3.05) is 25.0 Å². The molecule has 0 spiro atoms. The molecule has 1 aliphatic rings. The van der Waals surface area contributed by atoms with Crippen molar-refractivity contribution in [1.82, 2.24) is 4.90 Å². The van der Waals surface area contributed by atoms with Crippen molar-refractivity contribution in [3.63, 3.8) is 0 Å². The third-order valence-corrected chi connectivity index (χ3v) is 4.23. The summed E-state index contributed by atoms with van der Waals surface area (Å²) in [5.41, 5.74) is 1.70. The molecule has 5 heteroatoms. The van der Waals surface area contributed by atoms with Crippen LogP contribution in [-0.2, 0) is 0 Å². The smallest absolute Gasteiger partial charge is 0.292 e. The zero-order chi connectivity index (χ0) is 15.2. The van der Waals surface area contributed by atoms with E-state index in [2.05, 4.69) is 17.1 Å². The number of aryl methyl sites for hydroxylation is 1. The summed E-state index contributed by atoms with van der Waals surface area (Å²) in [5, 5.41) is 14.3. The summed E-state index contributed by atoms with van der Waals surface area (Å²) in [6.45, 7) is 7.18. The maximum absolute atomic E-state index is 11.1. The van der Waals surface area contributed by atoms with Gasteiger partial charge in [-0.05, 0) is 51.3 Å². The van der Waals surface area contributed by atoms with Crippen LogP contribution in [0.2, 0.25) is 0 Å². The van der Waals surface area contributed by atoms with Gasteiger partial charge >= 0.3 is 0 Å². The van der Waals surface area contributed by atoms with Gasteiger partial charge in [-0.3, -0.25) is 10.1 Å². The van der Waals surface area contributed by atoms with E-state index in [1.54, 1.807) is 12.1 Å². The van der Waals surface area contributed by atoms with Gasteiger partial charge in [-0.25, -0.2) is 0 Å². The lowest BCUT2D eigenvalue weighted by Gasteiger charge is -2.33. The van der Waals surface area contributed by atoms with Crippen molar-refractivity contribution in [2.45, 2.75) is 45.6 Å². The monoisotopic (exact) mass is 291 g/mol. The van der Waals surface area contributed by atoms with E-state index in [-0.39, 0.29) is 10.6 Å². The molecule has 0 aliphatic carbocycles. The first kappa shape index (κ1) is 15.8. The second-order valence-corrected chi connectivity index (χ2v) is 5.94. The van der Waals surface area contributed by atoms with Gasteiger partial charge in [0, 0.05) is 25.2 Å². The summed E-state index contributed by atoms with van der Waals surface area (Å²) in [7, 11) is 0. The van der Waals surface area contributed by atoms with Gasteiger partial charge in [0.1, 0.15) is 5.69 Å². The maximum atomic E-state index is 11.1. The number of anilines is 1. The number of benzene rings is 1. The summed E-state index contributed by atoms with van der Waals surface area (Å²) in [4.78, 5) is 13.3. The summed E-state index contributed by atoms with van der Waals surface area (Å²) >= 11 is 0. The Balaban J connectivity index is 1.82. The summed E-state index contributed by atoms with van der Waals surface area (Å²) in [5.74, 6) is 0. The van der Waals surface area contributed by atoms with Crippen molar-refractivity contribution in [3.05, 3.63) is 33.9 Å². The molecule has 1 N–H and O–H groups in total. The van der Waals surface area contributed by atoms with Crippen molar-refractivity contribution in [3.8, 4) is 0 Å². The third-order valence-electron chi connectivity index (χ3n) is 4.23. The fourth-order valence-electron chi connectivity index (χ4n) is 2.94. The van der Waals surface area contributed by atoms with E-state index < -0.39 is 0 Å². The largest absolute Gasteiger partial charge is 0.379 e. The minimum atomic E-state index is -0.317. The van der Waals surface area contributed by atoms with E-state index in [0.29, 0.717) is 11.7 Å². The van der Waals surface area contributed by atoms with Crippen LogP contribution in [0, 0.1) is 17.0 Å². The molecule has 0 aromatic heterocycles. The predicted octanol–water partition coefficient (Wildman–Crippen LogP) is 3.58. The highest BCUT2D eigenvalue weighted by Gasteiger charge is 2.17. The number of likely N-dealkylation sites (tertiary alicyclic amines) is 1. The Morgan fingerprint density at radius 2 is 2.24 bits per heavy atom. The zero-order valence-corrected chi connectivity index (χ0v) is 13.0. The molecule has 0 amide bonds. The van der Waals surface area contributed by atoms with Gasteiger partial charge in [-0.2, -0.15) is 0 Å². The maximum Gasteiger partial charge on any atom is 0.292 e. The van der Waals surface area contributed by atoms with Crippen LogP contribution in [0.1, 0.15) is 38.2 Å². The molecule has 5 nitrogen and oxygen atoms in total. The van der Waals surface area contributed by atoms with E-state index >= 15 is 0 Å². The molecule has 1 aromatic carbocycles. The van der Waals surface area contributed by atoms with Gasteiger partial charge in [0.15, 0.2) is 0 Å². The molecule has 0 bridgehead atoms. The second kappa shape index (κ2) is 7.41.